The predicted molar refractivity (Wildman–Crippen MR) is 78.2 cm³/mol. The van der Waals surface area contributed by atoms with Gasteiger partial charge in [-0.15, -0.1) is 5.10 Å². The third-order valence-electron chi connectivity index (χ3n) is 3.85. The van der Waals surface area contributed by atoms with Crippen molar-refractivity contribution in [3.05, 3.63) is 0 Å². The van der Waals surface area contributed by atoms with Gasteiger partial charge in [0.15, 0.2) is 0 Å². The van der Waals surface area contributed by atoms with Crippen molar-refractivity contribution in [3.8, 4) is 0 Å². The zero-order valence-electron chi connectivity index (χ0n) is 12.0. The standard InChI is InChI=1S/C13H25N5S/c1-3-9-14-12(11-7-5-4-6-8-11)10-19-13-15-16-17-18(13)2/h11-12,14H,3-10H2,1-2H3. The molecule has 1 N–H and O–H groups in total. The molecule has 1 aromatic heterocycles. The molecule has 1 aromatic rings. The topological polar surface area (TPSA) is 55.6 Å². The summed E-state index contributed by atoms with van der Waals surface area (Å²) in [7, 11) is 1.90. The van der Waals surface area contributed by atoms with E-state index in [1.807, 2.05) is 7.05 Å². The van der Waals surface area contributed by atoms with Gasteiger partial charge in [0, 0.05) is 18.8 Å². The van der Waals surface area contributed by atoms with Crippen LogP contribution in [0.5, 0.6) is 0 Å². The molecule has 0 amide bonds. The van der Waals surface area contributed by atoms with Crippen molar-refractivity contribution in [3.63, 3.8) is 0 Å². The average Bonchev–Trinajstić information content (AvgIpc) is 2.85. The number of nitrogens with one attached hydrogen (secondary N) is 1. The summed E-state index contributed by atoms with van der Waals surface area (Å²) in [6.07, 6.45) is 8.14. The number of aryl methyl sites for hydroxylation is 1. The molecule has 1 heterocycles. The maximum Gasteiger partial charge on any atom is 0.209 e. The quantitative estimate of drug-likeness (QED) is 0.778. The highest BCUT2D eigenvalue weighted by molar-refractivity contribution is 7.99. The zero-order chi connectivity index (χ0) is 13.5. The summed E-state index contributed by atoms with van der Waals surface area (Å²) >= 11 is 1.77. The van der Waals surface area contributed by atoms with Gasteiger partial charge in [-0.25, -0.2) is 4.68 Å². The van der Waals surface area contributed by atoms with Gasteiger partial charge in [-0.1, -0.05) is 37.9 Å². The fourth-order valence-corrected chi connectivity index (χ4v) is 3.77. The lowest BCUT2D eigenvalue weighted by Crippen LogP contribution is -2.39. The van der Waals surface area contributed by atoms with Crippen LogP contribution in [0, 0.1) is 5.92 Å². The molecule has 19 heavy (non-hydrogen) atoms. The minimum absolute atomic E-state index is 0.599. The van der Waals surface area contributed by atoms with Crippen LogP contribution in [0.1, 0.15) is 45.4 Å². The molecule has 1 saturated carbocycles. The molecule has 0 spiro atoms. The van der Waals surface area contributed by atoms with Crippen LogP contribution in [0.4, 0.5) is 0 Å². The van der Waals surface area contributed by atoms with E-state index in [-0.39, 0.29) is 0 Å². The van der Waals surface area contributed by atoms with Crippen molar-refractivity contribution >= 4 is 11.8 Å². The smallest absolute Gasteiger partial charge is 0.209 e. The third-order valence-corrected chi connectivity index (χ3v) is 4.98. The summed E-state index contributed by atoms with van der Waals surface area (Å²) in [5, 5.41) is 16.3. The molecule has 0 saturated heterocycles. The lowest BCUT2D eigenvalue weighted by atomic mass is 9.84. The Morgan fingerprint density at radius 3 is 2.79 bits per heavy atom. The number of hydrogen-bond donors (Lipinski definition) is 1. The summed E-state index contributed by atoms with van der Waals surface area (Å²) in [4.78, 5) is 0. The number of nitrogens with zero attached hydrogens (tertiary/aromatic N) is 4. The maximum atomic E-state index is 4.05. The summed E-state index contributed by atoms with van der Waals surface area (Å²) in [6.45, 7) is 3.34. The monoisotopic (exact) mass is 283 g/mol. The normalized spacial score (nSPS) is 18.6. The van der Waals surface area contributed by atoms with Crippen LogP contribution in [-0.2, 0) is 7.05 Å². The van der Waals surface area contributed by atoms with Crippen LogP contribution in [0.25, 0.3) is 0 Å². The highest BCUT2D eigenvalue weighted by Gasteiger charge is 2.23. The van der Waals surface area contributed by atoms with Crippen LogP contribution in [0.15, 0.2) is 5.16 Å². The van der Waals surface area contributed by atoms with E-state index in [0.717, 1.165) is 23.4 Å². The van der Waals surface area contributed by atoms with E-state index in [9.17, 15) is 0 Å². The molecule has 6 heteroatoms. The van der Waals surface area contributed by atoms with Crippen LogP contribution < -0.4 is 5.32 Å². The van der Waals surface area contributed by atoms with Crippen LogP contribution in [0.3, 0.4) is 0 Å². The van der Waals surface area contributed by atoms with Crippen molar-refractivity contribution < 1.29 is 0 Å². The van der Waals surface area contributed by atoms with Gasteiger partial charge in [-0.3, -0.25) is 0 Å². The molecular formula is C13H25N5S. The van der Waals surface area contributed by atoms with Crippen molar-refractivity contribution in [1.29, 1.82) is 0 Å². The Balaban J connectivity index is 1.87. The van der Waals surface area contributed by atoms with Crippen LogP contribution in [-0.4, -0.2) is 38.5 Å². The maximum absolute atomic E-state index is 4.05. The Morgan fingerprint density at radius 1 is 1.37 bits per heavy atom. The van der Waals surface area contributed by atoms with Gasteiger partial charge in [-0.2, -0.15) is 0 Å². The Labute approximate surface area is 119 Å². The van der Waals surface area contributed by atoms with E-state index in [1.165, 1.54) is 38.5 Å². The zero-order valence-corrected chi connectivity index (χ0v) is 12.8. The van der Waals surface area contributed by atoms with E-state index in [1.54, 1.807) is 16.4 Å². The van der Waals surface area contributed by atoms with Gasteiger partial charge in [0.2, 0.25) is 5.16 Å². The molecule has 1 unspecified atom stereocenters. The minimum Gasteiger partial charge on any atom is -0.313 e. The molecule has 0 bridgehead atoms. The number of hydrogen-bond acceptors (Lipinski definition) is 5. The summed E-state index contributed by atoms with van der Waals surface area (Å²) in [6, 6.07) is 0.599. The molecule has 5 nitrogen and oxygen atoms in total. The highest BCUT2D eigenvalue weighted by Crippen LogP contribution is 2.29. The van der Waals surface area contributed by atoms with Crippen LogP contribution >= 0.6 is 11.8 Å². The number of rotatable bonds is 7. The first-order valence-electron chi connectivity index (χ1n) is 7.39. The third kappa shape index (κ3) is 4.45. The Kier molecular flexibility index (Phi) is 6.10. The van der Waals surface area contributed by atoms with Crippen LogP contribution in [0.2, 0.25) is 0 Å². The minimum atomic E-state index is 0.599. The lowest BCUT2D eigenvalue weighted by Gasteiger charge is -2.30. The molecule has 1 aliphatic carbocycles. The number of tetrazole rings is 1. The fourth-order valence-electron chi connectivity index (χ4n) is 2.74. The average molecular weight is 283 g/mol. The Morgan fingerprint density at radius 2 is 2.16 bits per heavy atom. The second-order valence-corrected chi connectivity index (χ2v) is 6.34. The second-order valence-electron chi connectivity index (χ2n) is 5.35. The van der Waals surface area contributed by atoms with E-state index in [2.05, 4.69) is 27.8 Å². The van der Waals surface area contributed by atoms with Gasteiger partial charge in [0.25, 0.3) is 0 Å². The number of thioether (sulfide) groups is 1. The van der Waals surface area contributed by atoms with Gasteiger partial charge >= 0.3 is 0 Å². The number of aromatic nitrogens is 4. The molecule has 1 atom stereocenters. The molecule has 1 fully saturated rings. The predicted octanol–water partition coefficient (Wildman–Crippen LogP) is 2.25. The van der Waals surface area contributed by atoms with E-state index >= 15 is 0 Å². The van der Waals surface area contributed by atoms with Crippen molar-refractivity contribution in [2.45, 2.75) is 56.6 Å². The van der Waals surface area contributed by atoms with Gasteiger partial charge in [0.05, 0.1) is 0 Å². The first-order valence-corrected chi connectivity index (χ1v) is 8.38. The SMILES string of the molecule is CCCNC(CSc1nnnn1C)C1CCCCC1. The molecule has 0 radical (unpaired) electrons. The largest absolute Gasteiger partial charge is 0.313 e. The summed E-state index contributed by atoms with van der Waals surface area (Å²) < 4.78 is 1.75. The van der Waals surface area contributed by atoms with E-state index < -0.39 is 0 Å². The Bertz CT molecular complexity index is 362. The van der Waals surface area contributed by atoms with Gasteiger partial charge in [-0.05, 0) is 42.2 Å². The Hall–Kier alpha value is -0.620. The second kappa shape index (κ2) is 7.85. The highest BCUT2D eigenvalue weighted by atomic mass is 32.2. The molecule has 0 aliphatic heterocycles. The molecule has 108 valence electrons. The first-order chi connectivity index (χ1) is 9.31. The summed E-state index contributed by atoms with van der Waals surface area (Å²) in [5.41, 5.74) is 0. The van der Waals surface area contributed by atoms with Gasteiger partial charge in [0.1, 0.15) is 0 Å². The fraction of sp³-hybridized carbons (Fsp3) is 0.923. The lowest BCUT2D eigenvalue weighted by molar-refractivity contribution is 0.285. The van der Waals surface area contributed by atoms with E-state index in [4.69, 9.17) is 0 Å². The van der Waals surface area contributed by atoms with Crippen molar-refractivity contribution in [2.75, 3.05) is 12.3 Å². The van der Waals surface area contributed by atoms with Gasteiger partial charge < -0.3 is 5.32 Å². The first kappa shape index (κ1) is 14.8. The molecular weight excluding hydrogens is 258 g/mol. The van der Waals surface area contributed by atoms with Crippen molar-refractivity contribution in [2.24, 2.45) is 13.0 Å². The summed E-state index contributed by atoms with van der Waals surface area (Å²) in [5.74, 6) is 1.90. The molecule has 0 aromatic carbocycles. The van der Waals surface area contributed by atoms with E-state index in [0.29, 0.717) is 6.04 Å². The molecule has 1 aliphatic rings. The molecule has 2 rings (SSSR count). The van der Waals surface area contributed by atoms with Crippen molar-refractivity contribution in [1.82, 2.24) is 25.5 Å².